The molecule has 0 radical (unpaired) electrons. The van der Waals surface area contributed by atoms with Crippen LogP contribution in [0.2, 0.25) is 0 Å². The lowest BCUT2D eigenvalue weighted by atomic mass is 9.95. The Bertz CT molecular complexity index is 5760. The molecule has 8 heterocycles. The molecule has 19 aromatic rings. The van der Waals surface area contributed by atoms with E-state index in [0.717, 1.165) is 61.4 Å². The SMILES string of the molecule is Cc1cc(-n2c3ccccc3c3ccccc32)ccc1-c1ccc(-n2c3ccncc3c3cnccc32)cc1C.c1ccc(-c2ccccc2-c2ccc3c(c2)c2ccccc2n3-c2cccc(-n3c4ccccc4c4cc(-c5ccccc5-c5ccccn5)ccc43)c2)nc1. The van der Waals surface area contributed by atoms with Crippen LogP contribution in [0.3, 0.4) is 0 Å². The highest BCUT2D eigenvalue weighted by molar-refractivity contribution is 6.14. The first-order chi connectivity index (χ1) is 47.5. The van der Waals surface area contributed by atoms with Gasteiger partial charge in [0.05, 0.1) is 55.5 Å². The van der Waals surface area contributed by atoms with Gasteiger partial charge in [0.2, 0.25) is 0 Å². The molecule has 0 saturated carbocycles. The molecule has 0 saturated heterocycles. The van der Waals surface area contributed by atoms with Crippen LogP contribution < -0.4 is 0 Å². The van der Waals surface area contributed by atoms with Crippen molar-refractivity contribution in [2.45, 2.75) is 13.8 Å². The van der Waals surface area contributed by atoms with Gasteiger partial charge in [-0.05, 0) is 186 Å². The zero-order valence-electron chi connectivity index (χ0n) is 52.8. The molecule has 96 heavy (non-hydrogen) atoms. The van der Waals surface area contributed by atoms with Crippen molar-refractivity contribution >= 4 is 87.2 Å². The van der Waals surface area contributed by atoms with E-state index in [0.29, 0.717) is 0 Å². The van der Waals surface area contributed by atoms with Crippen LogP contribution in [0.5, 0.6) is 0 Å². The number of pyridine rings is 4. The van der Waals surface area contributed by atoms with Gasteiger partial charge in [0.25, 0.3) is 0 Å². The molecular weight excluding hydrogens is 1170 g/mol. The molecule has 19 rings (SSSR count). The molecule has 0 unspecified atom stereocenters. The third kappa shape index (κ3) is 9.29. The van der Waals surface area contributed by atoms with E-state index in [1.54, 1.807) is 0 Å². The largest absolute Gasteiger partial charge is 0.309 e. The second-order valence-corrected chi connectivity index (χ2v) is 24.7. The van der Waals surface area contributed by atoms with E-state index in [2.05, 4.69) is 319 Å². The molecular formula is C88H60N8. The topological polar surface area (TPSA) is 71.3 Å². The van der Waals surface area contributed by atoms with Gasteiger partial charge in [-0.3, -0.25) is 19.9 Å². The summed E-state index contributed by atoms with van der Waals surface area (Å²) in [5.41, 5.74) is 27.8. The summed E-state index contributed by atoms with van der Waals surface area (Å²) in [5, 5.41) is 9.67. The van der Waals surface area contributed by atoms with E-state index < -0.39 is 0 Å². The van der Waals surface area contributed by atoms with E-state index in [1.807, 2.05) is 61.4 Å². The van der Waals surface area contributed by atoms with Crippen molar-refractivity contribution in [2.75, 3.05) is 0 Å². The Kier molecular flexibility index (Phi) is 13.5. The Hall–Kier alpha value is -12.8. The second-order valence-electron chi connectivity index (χ2n) is 24.7. The third-order valence-corrected chi connectivity index (χ3v) is 19.2. The van der Waals surface area contributed by atoms with Crippen LogP contribution in [0, 0.1) is 13.8 Å². The van der Waals surface area contributed by atoms with E-state index in [-0.39, 0.29) is 0 Å². The first-order valence-corrected chi connectivity index (χ1v) is 32.6. The summed E-state index contributed by atoms with van der Waals surface area (Å²) < 4.78 is 9.50. The van der Waals surface area contributed by atoms with Crippen molar-refractivity contribution in [1.29, 1.82) is 0 Å². The molecule has 0 spiro atoms. The van der Waals surface area contributed by atoms with Crippen LogP contribution in [0.1, 0.15) is 11.1 Å². The molecule has 0 bridgehead atoms. The van der Waals surface area contributed by atoms with Gasteiger partial charge in [-0.2, -0.15) is 0 Å². The van der Waals surface area contributed by atoms with E-state index >= 15 is 0 Å². The number of aryl methyl sites for hydroxylation is 2. The minimum atomic E-state index is 0.970. The van der Waals surface area contributed by atoms with Gasteiger partial charge in [0, 0.05) is 114 Å². The minimum absolute atomic E-state index is 0.970. The number of para-hydroxylation sites is 4. The van der Waals surface area contributed by atoms with Crippen molar-refractivity contribution < 1.29 is 0 Å². The molecule has 0 aliphatic rings. The summed E-state index contributed by atoms with van der Waals surface area (Å²) in [6.07, 6.45) is 11.3. The Labute approximate surface area is 554 Å². The van der Waals surface area contributed by atoms with Gasteiger partial charge in [0.1, 0.15) is 0 Å². The fourth-order valence-electron chi connectivity index (χ4n) is 14.9. The molecule has 8 nitrogen and oxygen atoms in total. The Morgan fingerprint density at radius 2 is 0.562 bits per heavy atom. The zero-order chi connectivity index (χ0) is 63.8. The van der Waals surface area contributed by atoms with Crippen LogP contribution in [0.15, 0.2) is 328 Å². The van der Waals surface area contributed by atoms with E-state index in [4.69, 9.17) is 0 Å². The molecule has 0 N–H and O–H groups in total. The molecule has 0 amide bonds. The quantitative estimate of drug-likeness (QED) is 0.144. The molecule has 452 valence electrons. The van der Waals surface area contributed by atoms with Crippen LogP contribution in [-0.4, -0.2) is 38.2 Å². The minimum Gasteiger partial charge on any atom is -0.309 e. The van der Waals surface area contributed by atoms with Crippen LogP contribution in [0.25, 0.3) is 166 Å². The highest BCUT2D eigenvalue weighted by atomic mass is 15.0. The lowest BCUT2D eigenvalue weighted by Crippen LogP contribution is -1.98. The van der Waals surface area contributed by atoms with Gasteiger partial charge < -0.3 is 18.3 Å². The maximum atomic E-state index is 4.68. The van der Waals surface area contributed by atoms with Crippen molar-refractivity contribution in [2.24, 2.45) is 0 Å². The maximum Gasteiger partial charge on any atom is 0.0708 e. The van der Waals surface area contributed by atoms with Crippen molar-refractivity contribution in [3.05, 3.63) is 339 Å². The Balaban J connectivity index is 0.000000148. The number of benzene rings is 11. The zero-order valence-corrected chi connectivity index (χ0v) is 52.8. The highest BCUT2D eigenvalue weighted by Crippen LogP contribution is 2.42. The summed E-state index contributed by atoms with van der Waals surface area (Å²) in [7, 11) is 0. The maximum absolute atomic E-state index is 4.68. The molecule has 11 aromatic carbocycles. The van der Waals surface area contributed by atoms with Gasteiger partial charge in [-0.1, -0.05) is 164 Å². The second kappa shape index (κ2) is 23.1. The third-order valence-electron chi connectivity index (χ3n) is 19.2. The van der Waals surface area contributed by atoms with Gasteiger partial charge in [-0.25, -0.2) is 0 Å². The molecule has 8 heteroatoms. The number of hydrogen-bond donors (Lipinski definition) is 0. The Morgan fingerprint density at radius 3 is 0.958 bits per heavy atom. The molecule has 0 aliphatic heterocycles. The lowest BCUT2D eigenvalue weighted by Gasteiger charge is -2.15. The number of hydrogen-bond acceptors (Lipinski definition) is 4. The first kappa shape index (κ1) is 56.0. The summed E-state index contributed by atoms with van der Waals surface area (Å²) >= 11 is 0. The standard InChI is InChI=1S/C52H34N4.C36H26N4/c1-3-18-41(47-22-9-11-30-53-47)39(16-1)35-26-28-51-45(32-35)43-20-5-7-24-49(43)55(51)37-14-13-15-38(34-37)56-50-25-8-6-21-44(50)46-33-36(27-29-52(46)56)40-17-2-4-19-42(40)48-23-10-12-31-54-48;1-23-19-25(39-33-9-5-3-7-29(33)30-8-4-6-10-34(30)39)11-13-27(23)28-14-12-26(20-24(28)2)40-35-15-17-37-21-31(35)32-22-38-18-16-36(32)40/h1-34H;3-22H,1-2H3. The van der Waals surface area contributed by atoms with Crippen molar-refractivity contribution in [3.63, 3.8) is 0 Å². The summed E-state index contributed by atoms with van der Waals surface area (Å²) in [5.74, 6) is 0. The van der Waals surface area contributed by atoms with Gasteiger partial charge >= 0.3 is 0 Å². The van der Waals surface area contributed by atoms with Gasteiger partial charge in [0.15, 0.2) is 0 Å². The predicted molar refractivity (Wildman–Crippen MR) is 398 cm³/mol. The first-order valence-electron chi connectivity index (χ1n) is 32.6. The van der Waals surface area contributed by atoms with Crippen LogP contribution >= 0.6 is 0 Å². The average molecular weight is 1230 g/mol. The fourth-order valence-corrected chi connectivity index (χ4v) is 14.9. The monoisotopic (exact) mass is 1230 g/mol. The fraction of sp³-hybridized carbons (Fsp3) is 0.0227. The van der Waals surface area contributed by atoms with E-state index in [1.165, 1.54) is 116 Å². The number of fused-ring (bicyclic) bond motifs is 12. The average Bonchev–Trinajstić information content (AvgIpc) is 1.60. The lowest BCUT2D eigenvalue weighted by molar-refractivity contribution is 1.13. The summed E-state index contributed by atoms with van der Waals surface area (Å²) in [6.45, 7) is 4.42. The summed E-state index contributed by atoms with van der Waals surface area (Å²) in [6, 6.07) is 105. The van der Waals surface area contributed by atoms with Crippen molar-refractivity contribution in [3.8, 4) is 78.6 Å². The molecule has 0 atom stereocenters. The van der Waals surface area contributed by atoms with Gasteiger partial charge in [-0.15, -0.1) is 0 Å². The summed E-state index contributed by atoms with van der Waals surface area (Å²) in [4.78, 5) is 18.1. The van der Waals surface area contributed by atoms with Crippen LogP contribution in [-0.2, 0) is 0 Å². The normalized spacial score (nSPS) is 11.6. The molecule has 0 fully saturated rings. The highest BCUT2D eigenvalue weighted by Gasteiger charge is 2.21. The van der Waals surface area contributed by atoms with E-state index in [9.17, 15) is 0 Å². The number of rotatable bonds is 9. The Morgan fingerprint density at radius 1 is 0.219 bits per heavy atom. The number of nitrogens with zero attached hydrogens (tertiary/aromatic N) is 8. The van der Waals surface area contributed by atoms with Crippen LogP contribution in [0.4, 0.5) is 0 Å². The molecule has 8 aromatic heterocycles. The predicted octanol–water partition coefficient (Wildman–Crippen LogP) is 22.3. The molecule has 0 aliphatic carbocycles. The van der Waals surface area contributed by atoms with Crippen molar-refractivity contribution in [1.82, 2.24) is 38.2 Å². The number of aromatic nitrogens is 8. The smallest absolute Gasteiger partial charge is 0.0708 e.